The van der Waals surface area contributed by atoms with Crippen LogP contribution in [0.4, 0.5) is 0 Å². The van der Waals surface area contributed by atoms with Gasteiger partial charge in [0.25, 0.3) is 0 Å². The number of benzene rings is 2. The average molecular weight is 735 g/mol. The number of ketones is 2. The van der Waals surface area contributed by atoms with Crippen molar-refractivity contribution < 1.29 is 36.3 Å². The minimum Gasteiger partial charge on any atom is -0.657 e. The quantitative estimate of drug-likeness (QED) is 0.174. The van der Waals surface area contributed by atoms with Crippen LogP contribution in [-0.2, 0) is 26.1 Å². The number of hydrogen-bond acceptors (Lipinski definition) is 4. The fourth-order valence-electron chi connectivity index (χ4n) is 6.92. The number of aromatic hydroxyl groups is 2. The van der Waals surface area contributed by atoms with Crippen LogP contribution in [0.25, 0.3) is 22.3 Å². The second kappa shape index (κ2) is 13.4. The van der Waals surface area contributed by atoms with E-state index in [-0.39, 0.29) is 39.6 Å². The van der Waals surface area contributed by atoms with E-state index in [4.69, 9.17) is 9.97 Å². The number of aromatic nitrogens is 4. The first-order chi connectivity index (χ1) is 25.4. The number of phenols is 2. The van der Waals surface area contributed by atoms with Gasteiger partial charge in [-0.2, -0.15) is 0 Å². The van der Waals surface area contributed by atoms with E-state index >= 15 is 0 Å². The molecule has 8 bridgehead atoms. The molecule has 3 aliphatic rings. The summed E-state index contributed by atoms with van der Waals surface area (Å²) >= 11 is 0. The van der Waals surface area contributed by atoms with Crippen LogP contribution in [0.5, 0.6) is 11.5 Å². The predicted octanol–water partition coefficient (Wildman–Crippen LogP) is 5.47. The molecule has 9 rings (SSSR count). The normalized spacial score (nSPS) is 17.1. The number of carbonyl (C=O) groups is 2. The molecular weight excluding hydrogens is 707 g/mol. The molecule has 6 aromatic rings. The van der Waals surface area contributed by atoms with Crippen molar-refractivity contribution in [1.29, 1.82) is 0 Å². The number of nitrogens with zero attached hydrogens (tertiary/aromatic N) is 2. The Kier molecular flexibility index (Phi) is 8.41. The summed E-state index contributed by atoms with van der Waals surface area (Å²) in [4.78, 5) is 42.1. The summed E-state index contributed by atoms with van der Waals surface area (Å²) in [5.74, 6) is 0.125. The van der Waals surface area contributed by atoms with E-state index in [0.717, 1.165) is 67.3 Å². The van der Waals surface area contributed by atoms with Crippen molar-refractivity contribution in [2.75, 3.05) is 0 Å². The first kappa shape index (κ1) is 33.3. The summed E-state index contributed by atoms with van der Waals surface area (Å²) in [5, 5.41) is 21.7. The Bertz CT molecular complexity index is 2550. The number of fused-ring (bicyclic) bond motifs is 8. The number of rotatable bonds is 2. The zero-order chi connectivity index (χ0) is 35.3. The van der Waals surface area contributed by atoms with Crippen molar-refractivity contribution in [2.24, 2.45) is 0 Å². The average Bonchev–Trinajstić information content (AvgIpc) is 3.99. The molecule has 0 amide bonds. The summed E-state index contributed by atoms with van der Waals surface area (Å²) in [6.45, 7) is 0. The molecule has 1 aliphatic heterocycles. The van der Waals surface area contributed by atoms with Crippen molar-refractivity contribution in [3.63, 3.8) is 0 Å². The molecule has 0 saturated heterocycles. The van der Waals surface area contributed by atoms with Gasteiger partial charge in [0.1, 0.15) is 11.5 Å². The van der Waals surface area contributed by atoms with Gasteiger partial charge in [-0.05, 0) is 117 Å². The van der Waals surface area contributed by atoms with E-state index in [1.54, 1.807) is 72.9 Å². The Labute approximate surface area is 313 Å². The zero-order valence-electron chi connectivity index (χ0n) is 27.8. The van der Waals surface area contributed by atoms with Crippen LogP contribution in [0.3, 0.4) is 0 Å². The van der Waals surface area contributed by atoms with Crippen LogP contribution >= 0.6 is 0 Å². The Balaban J connectivity index is 0.00000400. The molecule has 0 saturated carbocycles. The first-order valence-electron chi connectivity index (χ1n) is 16.7. The van der Waals surface area contributed by atoms with E-state index in [9.17, 15) is 19.8 Å². The minimum atomic E-state index is -0.0922. The molecule has 9 heteroatoms. The number of hydrogen-bond donors (Lipinski definition) is 4. The van der Waals surface area contributed by atoms with Crippen LogP contribution in [0, 0.1) is 0 Å². The standard InChI is InChI=1S/C44H30N4O4.Ni/c49-29-9-1-25(2-10-29)41-33-17-19-35(45-33)42(26-3-11-30(50)12-4-26)37-21-23-39(47-37)44(28-7-15-32(52)16-8-28)40-24-22-38(48-40)43(36-20-18-34(41)46-36)27-5-13-31(51)14-6-27;/h1-24H,(H6,45,46,47,48,49,50,51,52);/q;+2/p-2/b41-33-,41-34?,42-35-,42-37?,43-36?,43-38?,44-39?,44-40?;. The number of H-pyrrole nitrogens is 2. The molecule has 53 heavy (non-hydrogen) atoms. The molecule has 4 aromatic heterocycles. The van der Waals surface area contributed by atoms with Gasteiger partial charge in [-0.1, -0.05) is 72.8 Å². The van der Waals surface area contributed by atoms with Crippen LogP contribution in [0.15, 0.2) is 157 Å². The van der Waals surface area contributed by atoms with Crippen molar-refractivity contribution in [1.82, 2.24) is 19.9 Å². The molecule has 2 aromatic carbocycles. The van der Waals surface area contributed by atoms with Crippen molar-refractivity contribution in [3.8, 4) is 11.5 Å². The maximum absolute atomic E-state index is 12.2. The number of phenolic OH excluding ortho intramolecular Hbond substituents is 2. The van der Waals surface area contributed by atoms with Gasteiger partial charge in [0.15, 0.2) is 11.6 Å². The Morgan fingerprint density at radius 2 is 0.755 bits per heavy atom. The third-order valence-corrected chi connectivity index (χ3v) is 9.35. The van der Waals surface area contributed by atoms with Gasteiger partial charge >= 0.3 is 16.5 Å². The Morgan fingerprint density at radius 3 is 1.13 bits per heavy atom. The summed E-state index contributed by atoms with van der Waals surface area (Å²) in [5.41, 5.74) is 11.1. The van der Waals surface area contributed by atoms with Gasteiger partial charge in [0.05, 0.1) is 0 Å². The molecule has 2 aliphatic carbocycles. The molecule has 0 atom stereocenters. The third kappa shape index (κ3) is 6.13. The topological polar surface area (TPSA) is 134 Å². The van der Waals surface area contributed by atoms with Crippen molar-refractivity contribution in [2.45, 2.75) is 0 Å². The largest absolute Gasteiger partial charge is 2.00 e. The number of carbonyl (C=O) groups excluding carboxylic acids is 2. The van der Waals surface area contributed by atoms with E-state index in [2.05, 4.69) is 9.97 Å². The number of aromatic amines is 2. The monoisotopic (exact) mass is 734 g/mol. The summed E-state index contributed by atoms with van der Waals surface area (Å²) in [6, 6.07) is 29.9. The summed E-state index contributed by atoms with van der Waals surface area (Å²) in [6.07, 6.45) is 13.4. The molecule has 4 N–H and O–H groups in total. The molecule has 0 fully saturated rings. The van der Waals surface area contributed by atoms with Gasteiger partial charge < -0.3 is 30.1 Å². The second-order valence-corrected chi connectivity index (χ2v) is 12.6. The fourth-order valence-corrected chi connectivity index (χ4v) is 6.92. The number of allylic oxidation sites excluding steroid dienone is 10. The molecule has 0 radical (unpaired) electrons. The van der Waals surface area contributed by atoms with Gasteiger partial charge in [-0.3, -0.25) is 9.59 Å². The SMILES string of the molecule is O=C1C=CC(=C2c3ccc([n-]3)C(=C3C=CC(=O)C=C3)c3ccc([nH]3)/C(c3ccc(O)cc3)=c3/cc/c([n-]3)=C(\c3ccc(O)cc3)c3ccc2[nH]3)C=C1.[Ni+2]. The van der Waals surface area contributed by atoms with Crippen molar-refractivity contribution in [3.05, 3.63) is 213 Å². The molecule has 0 spiro atoms. The van der Waals surface area contributed by atoms with Gasteiger partial charge in [0.2, 0.25) is 0 Å². The van der Waals surface area contributed by atoms with Gasteiger partial charge in [0, 0.05) is 22.8 Å². The van der Waals surface area contributed by atoms with Crippen LogP contribution in [0.2, 0.25) is 0 Å². The van der Waals surface area contributed by atoms with Gasteiger partial charge in [-0.15, -0.1) is 22.1 Å². The molecular formula is C44H28N4NiO4. The molecule has 8 nitrogen and oxygen atoms in total. The minimum absolute atomic E-state index is 0. The smallest absolute Gasteiger partial charge is 0.657 e. The van der Waals surface area contributed by atoms with E-state index < -0.39 is 0 Å². The molecule has 0 unspecified atom stereocenters. The first-order valence-corrected chi connectivity index (χ1v) is 16.7. The Morgan fingerprint density at radius 1 is 0.396 bits per heavy atom. The number of nitrogens with one attached hydrogen (secondary N) is 2. The van der Waals surface area contributed by atoms with E-state index in [1.165, 1.54) is 0 Å². The van der Waals surface area contributed by atoms with Crippen LogP contribution < -0.4 is 20.7 Å². The second-order valence-electron chi connectivity index (χ2n) is 12.6. The Hall–Kier alpha value is -6.83. The summed E-state index contributed by atoms with van der Waals surface area (Å²) in [7, 11) is 0. The predicted molar refractivity (Wildman–Crippen MR) is 198 cm³/mol. The third-order valence-electron chi connectivity index (χ3n) is 9.35. The summed E-state index contributed by atoms with van der Waals surface area (Å²) < 4.78 is 0. The van der Waals surface area contributed by atoms with Crippen LogP contribution in [0.1, 0.15) is 45.3 Å². The van der Waals surface area contributed by atoms with E-state index in [1.807, 2.05) is 72.8 Å². The van der Waals surface area contributed by atoms with Gasteiger partial charge in [-0.25, -0.2) is 0 Å². The van der Waals surface area contributed by atoms with Crippen LogP contribution in [-0.4, -0.2) is 31.7 Å². The molecule has 258 valence electrons. The fraction of sp³-hybridized carbons (Fsp3) is 0. The maximum atomic E-state index is 12.2. The zero-order valence-corrected chi connectivity index (χ0v) is 28.8. The van der Waals surface area contributed by atoms with E-state index in [0.29, 0.717) is 22.1 Å². The van der Waals surface area contributed by atoms with Crippen molar-refractivity contribution >= 4 is 33.9 Å². The molecule has 5 heterocycles. The maximum Gasteiger partial charge on any atom is 2.00 e.